The lowest BCUT2D eigenvalue weighted by Crippen LogP contribution is -2.29. The standard InChI is InChI=1S/C22H28N2O3S2/c1-2-3-4-5-6-16-7-9-17(10-8-16)19-11-12-20(25)24(19)13-14-28-22-23-18(15-29-22)21(26)27/h7-10,15,19H,2-6,11-14H2,1H3,(H,26,27). The molecule has 7 heteroatoms. The molecule has 1 fully saturated rings. The van der Waals surface area contributed by atoms with Gasteiger partial charge in [-0.15, -0.1) is 11.3 Å². The molecule has 1 aliphatic heterocycles. The van der Waals surface area contributed by atoms with Gasteiger partial charge in [0.15, 0.2) is 10.0 Å². The summed E-state index contributed by atoms with van der Waals surface area (Å²) in [5, 5.41) is 10.5. The van der Waals surface area contributed by atoms with E-state index in [0.29, 0.717) is 18.7 Å². The molecule has 1 amide bonds. The van der Waals surface area contributed by atoms with Gasteiger partial charge in [0.2, 0.25) is 5.91 Å². The zero-order valence-corrected chi connectivity index (χ0v) is 18.4. The minimum Gasteiger partial charge on any atom is -0.476 e. The number of aromatic carboxylic acids is 1. The predicted octanol–water partition coefficient (Wildman–Crippen LogP) is 5.42. The molecule has 29 heavy (non-hydrogen) atoms. The fourth-order valence-electron chi connectivity index (χ4n) is 3.68. The van der Waals surface area contributed by atoms with Crippen molar-refractivity contribution >= 4 is 35.0 Å². The number of rotatable bonds is 11. The molecular formula is C22H28N2O3S2. The molecule has 1 saturated heterocycles. The minimum absolute atomic E-state index is 0.0856. The number of amides is 1. The van der Waals surface area contributed by atoms with E-state index in [1.165, 1.54) is 59.9 Å². The number of hydrogen-bond acceptors (Lipinski definition) is 5. The highest BCUT2D eigenvalue weighted by molar-refractivity contribution is 8.01. The molecule has 2 aromatic rings. The molecule has 5 nitrogen and oxygen atoms in total. The molecule has 1 unspecified atom stereocenters. The van der Waals surface area contributed by atoms with Gasteiger partial charge in [0, 0.05) is 24.1 Å². The van der Waals surface area contributed by atoms with E-state index >= 15 is 0 Å². The van der Waals surface area contributed by atoms with Gasteiger partial charge in [-0.25, -0.2) is 9.78 Å². The third-order valence-electron chi connectivity index (χ3n) is 5.27. The van der Waals surface area contributed by atoms with Crippen LogP contribution in [0.15, 0.2) is 34.0 Å². The number of likely N-dealkylation sites (tertiary alicyclic amines) is 1. The normalized spacial score (nSPS) is 16.5. The Bertz CT molecular complexity index is 820. The smallest absolute Gasteiger partial charge is 0.355 e. The van der Waals surface area contributed by atoms with E-state index in [9.17, 15) is 9.59 Å². The molecule has 0 saturated carbocycles. The van der Waals surface area contributed by atoms with Crippen molar-refractivity contribution in [3.63, 3.8) is 0 Å². The van der Waals surface area contributed by atoms with Gasteiger partial charge in [-0.2, -0.15) is 0 Å². The Morgan fingerprint density at radius 2 is 2.07 bits per heavy atom. The van der Waals surface area contributed by atoms with E-state index in [0.717, 1.165) is 17.2 Å². The second-order valence-electron chi connectivity index (χ2n) is 7.35. The number of thioether (sulfide) groups is 1. The number of benzene rings is 1. The number of carboxylic acids is 1. The second-order valence-corrected chi connectivity index (χ2v) is 9.55. The molecule has 1 atom stereocenters. The van der Waals surface area contributed by atoms with Crippen molar-refractivity contribution in [1.82, 2.24) is 9.88 Å². The summed E-state index contributed by atoms with van der Waals surface area (Å²) in [5.41, 5.74) is 2.66. The maximum Gasteiger partial charge on any atom is 0.355 e. The van der Waals surface area contributed by atoms with E-state index in [1.807, 2.05) is 4.90 Å². The number of nitrogens with zero attached hydrogens (tertiary/aromatic N) is 2. The number of hydrogen-bond donors (Lipinski definition) is 1. The van der Waals surface area contributed by atoms with Gasteiger partial charge in [0.25, 0.3) is 0 Å². The van der Waals surface area contributed by atoms with Crippen molar-refractivity contribution in [1.29, 1.82) is 0 Å². The number of aryl methyl sites for hydroxylation is 1. The Kier molecular flexibility index (Phi) is 8.12. The fourth-order valence-corrected chi connectivity index (χ4v) is 5.49. The average molecular weight is 433 g/mol. The third kappa shape index (κ3) is 6.06. The van der Waals surface area contributed by atoms with Crippen LogP contribution in [0.3, 0.4) is 0 Å². The number of carboxylic acid groups (broad SMARTS) is 1. The molecule has 1 N–H and O–H groups in total. The molecule has 3 rings (SSSR count). The van der Waals surface area contributed by atoms with Crippen LogP contribution in [-0.4, -0.2) is 39.2 Å². The highest BCUT2D eigenvalue weighted by Gasteiger charge is 2.31. The van der Waals surface area contributed by atoms with Gasteiger partial charge in [-0.1, -0.05) is 62.2 Å². The van der Waals surface area contributed by atoms with Gasteiger partial charge in [0.1, 0.15) is 0 Å². The van der Waals surface area contributed by atoms with E-state index in [1.54, 1.807) is 5.38 Å². The van der Waals surface area contributed by atoms with Crippen LogP contribution >= 0.6 is 23.1 Å². The molecule has 1 aromatic carbocycles. The van der Waals surface area contributed by atoms with Crippen LogP contribution in [0.5, 0.6) is 0 Å². The lowest BCUT2D eigenvalue weighted by Gasteiger charge is -2.25. The first-order valence-electron chi connectivity index (χ1n) is 10.3. The van der Waals surface area contributed by atoms with Crippen molar-refractivity contribution in [3.05, 3.63) is 46.5 Å². The summed E-state index contributed by atoms with van der Waals surface area (Å²) in [5.74, 6) is -0.0917. The Balaban J connectivity index is 1.53. The zero-order chi connectivity index (χ0) is 20.6. The minimum atomic E-state index is -1.00. The number of carbonyl (C=O) groups excluding carboxylic acids is 1. The van der Waals surface area contributed by atoms with Gasteiger partial charge in [0.05, 0.1) is 6.04 Å². The van der Waals surface area contributed by atoms with Crippen molar-refractivity contribution in [2.45, 2.75) is 62.3 Å². The van der Waals surface area contributed by atoms with E-state index < -0.39 is 5.97 Å². The van der Waals surface area contributed by atoms with Crippen LogP contribution in [0.25, 0.3) is 0 Å². The molecule has 2 heterocycles. The van der Waals surface area contributed by atoms with Crippen LogP contribution in [0, 0.1) is 0 Å². The molecular weight excluding hydrogens is 404 g/mol. The highest BCUT2D eigenvalue weighted by Crippen LogP contribution is 2.34. The van der Waals surface area contributed by atoms with Crippen LogP contribution in [-0.2, 0) is 11.2 Å². The molecule has 0 bridgehead atoms. The third-order valence-corrected chi connectivity index (χ3v) is 7.27. The van der Waals surface area contributed by atoms with Gasteiger partial charge >= 0.3 is 5.97 Å². The first kappa shape index (κ1) is 21.8. The molecule has 1 aromatic heterocycles. The fraction of sp³-hybridized carbons (Fsp3) is 0.500. The summed E-state index contributed by atoms with van der Waals surface area (Å²) in [7, 11) is 0. The zero-order valence-electron chi connectivity index (χ0n) is 16.8. The monoisotopic (exact) mass is 432 g/mol. The second kappa shape index (κ2) is 10.8. The Labute approximate surface area is 180 Å². The average Bonchev–Trinajstić information content (AvgIpc) is 3.33. The topological polar surface area (TPSA) is 70.5 Å². The van der Waals surface area contributed by atoms with Crippen LogP contribution < -0.4 is 0 Å². The van der Waals surface area contributed by atoms with Crippen LogP contribution in [0.2, 0.25) is 0 Å². The van der Waals surface area contributed by atoms with Gasteiger partial charge in [-0.3, -0.25) is 4.79 Å². The lowest BCUT2D eigenvalue weighted by atomic mass is 10.00. The molecule has 1 aliphatic rings. The summed E-state index contributed by atoms with van der Waals surface area (Å²) in [6, 6.07) is 8.92. The number of unbranched alkanes of at least 4 members (excludes halogenated alkanes) is 3. The Morgan fingerprint density at radius 3 is 2.76 bits per heavy atom. The molecule has 0 spiro atoms. The van der Waals surface area contributed by atoms with E-state index in [4.69, 9.17) is 5.11 Å². The Hall–Kier alpha value is -1.86. The number of thiazole rings is 1. The number of aromatic nitrogens is 1. The predicted molar refractivity (Wildman–Crippen MR) is 118 cm³/mol. The summed E-state index contributed by atoms with van der Waals surface area (Å²) in [4.78, 5) is 29.4. The quantitative estimate of drug-likeness (QED) is 0.379. The highest BCUT2D eigenvalue weighted by atomic mass is 32.2. The van der Waals surface area contributed by atoms with Crippen molar-refractivity contribution in [3.8, 4) is 0 Å². The molecule has 0 radical (unpaired) electrons. The largest absolute Gasteiger partial charge is 0.476 e. The van der Waals surface area contributed by atoms with Crippen molar-refractivity contribution < 1.29 is 14.7 Å². The summed E-state index contributed by atoms with van der Waals surface area (Å²) in [6.07, 6.45) is 7.65. The maximum absolute atomic E-state index is 12.4. The SMILES string of the molecule is CCCCCCc1ccc(C2CCC(=O)N2CCSc2nc(C(=O)O)cs2)cc1. The summed E-state index contributed by atoms with van der Waals surface area (Å²) < 4.78 is 0.734. The molecule has 0 aliphatic carbocycles. The number of carbonyl (C=O) groups is 2. The summed E-state index contributed by atoms with van der Waals surface area (Å²) >= 11 is 2.85. The first-order chi connectivity index (χ1) is 14.1. The Morgan fingerprint density at radius 1 is 1.28 bits per heavy atom. The lowest BCUT2D eigenvalue weighted by molar-refractivity contribution is -0.128. The summed E-state index contributed by atoms with van der Waals surface area (Å²) in [6.45, 7) is 2.88. The van der Waals surface area contributed by atoms with Gasteiger partial charge in [-0.05, 0) is 30.4 Å². The first-order valence-corrected chi connectivity index (χ1v) is 12.1. The van der Waals surface area contributed by atoms with Crippen molar-refractivity contribution in [2.75, 3.05) is 12.3 Å². The van der Waals surface area contributed by atoms with Crippen LogP contribution in [0.4, 0.5) is 0 Å². The van der Waals surface area contributed by atoms with E-state index in [-0.39, 0.29) is 17.6 Å². The van der Waals surface area contributed by atoms with Crippen molar-refractivity contribution in [2.24, 2.45) is 0 Å². The maximum atomic E-state index is 12.4. The van der Waals surface area contributed by atoms with Crippen LogP contribution in [0.1, 0.15) is 73.1 Å². The van der Waals surface area contributed by atoms with Gasteiger partial charge < -0.3 is 10.0 Å². The molecule has 156 valence electrons. The van der Waals surface area contributed by atoms with E-state index in [2.05, 4.69) is 36.2 Å².